The van der Waals surface area contributed by atoms with E-state index < -0.39 is 16.5 Å². The molecule has 0 atom stereocenters. The van der Waals surface area contributed by atoms with Gasteiger partial charge in [-0.2, -0.15) is 0 Å². The van der Waals surface area contributed by atoms with Gasteiger partial charge in [-0.1, -0.05) is 26.2 Å². The fraction of sp³-hybridized carbons (Fsp3) is 0.353. The smallest absolute Gasteiger partial charge is 0.321 e. The minimum absolute atomic E-state index is 0.0110. The summed E-state index contributed by atoms with van der Waals surface area (Å²) in [6, 6.07) is 6.46. The van der Waals surface area contributed by atoms with E-state index in [0.717, 1.165) is 25.7 Å². The van der Waals surface area contributed by atoms with Crippen molar-refractivity contribution >= 4 is 17.7 Å². The van der Waals surface area contributed by atoms with Crippen LogP contribution in [0.3, 0.4) is 0 Å². The van der Waals surface area contributed by atoms with Gasteiger partial charge in [0.2, 0.25) is 5.95 Å². The Morgan fingerprint density at radius 1 is 1.23 bits per heavy atom. The van der Waals surface area contributed by atoms with E-state index in [9.17, 15) is 19.7 Å². The number of aromatic amines is 1. The molecule has 2 rings (SSSR count). The van der Waals surface area contributed by atoms with Crippen LogP contribution in [0.5, 0.6) is 0 Å². The maximum Gasteiger partial charge on any atom is 0.321 e. The van der Waals surface area contributed by atoms with Crippen LogP contribution in [0, 0.1) is 10.1 Å². The maximum atomic E-state index is 11.9. The molecule has 0 unspecified atom stereocenters. The largest absolute Gasteiger partial charge is 0.338 e. The molecule has 26 heavy (non-hydrogen) atoms. The predicted octanol–water partition coefficient (Wildman–Crippen LogP) is 3.05. The highest BCUT2D eigenvalue weighted by molar-refractivity contribution is 5.87. The first-order chi connectivity index (χ1) is 12.5. The molecular formula is C17H21N5O4. The Morgan fingerprint density at radius 3 is 2.62 bits per heavy atom. The van der Waals surface area contributed by atoms with Gasteiger partial charge in [-0.15, -0.1) is 0 Å². The van der Waals surface area contributed by atoms with Crippen LogP contribution in [0.1, 0.15) is 32.6 Å². The number of anilines is 1. The van der Waals surface area contributed by atoms with Crippen molar-refractivity contribution in [2.45, 2.75) is 32.6 Å². The second-order valence-electron chi connectivity index (χ2n) is 5.72. The summed E-state index contributed by atoms with van der Waals surface area (Å²) >= 11 is 0. The van der Waals surface area contributed by atoms with Crippen LogP contribution in [-0.2, 0) is 0 Å². The summed E-state index contributed by atoms with van der Waals surface area (Å²) in [4.78, 5) is 40.5. The van der Waals surface area contributed by atoms with Crippen LogP contribution in [0.2, 0.25) is 0 Å². The number of benzene rings is 1. The zero-order valence-electron chi connectivity index (χ0n) is 14.4. The van der Waals surface area contributed by atoms with Crippen LogP contribution in [0.25, 0.3) is 11.3 Å². The average molecular weight is 359 g/mol. The topological polar surface area (TPSA) is 130 Å². The van der Waals surface area contributed by atoms with Gasteiger partial charge in [-0.05, 0) is 18.6 Å². The average Bonchev–Trinajstić information content (AvgIpc) is 2.61. The van der Waals surface area contributed by atoms with Crippen molar-refractivity contribution in [3.8, 4) is 11.3 Å². The molecule has 0 saturated carbocycles. The highest BCUT2D eigenvalue weighted by Gasteiger charge is 2.09. The fourth-order valence-electron chi connectivity index (χ4n) is 2.32. The molecule has 138 valence electrons. The van der Waals surface area contributed by atoms with Gasteiger partial charge in [0.1, 0.15) is 0 Å². The number of nitro benzene ring substituents is 1. The Bertz CT molecular complexity index is 817. The lowest BCUT2D eigenvalue weighted by Gasteiger charge is -2.08. The van der Waals surface area contributed by atoms with E-state index in [0.29, 0.717) is 17.8 Å². The van der Waals surface area contributed by atoms with Gasteiger partial charge in [0.25, 0.3) is 11.2 Å². The SMILES string of the molecule is CCCCCCNC(=O)Nc1nc(-c2ccc([N+](=O)[O-])cc2)cc(=O)[nH]1. The minimum Gasteiger partial charge on any atom is -0.338 e. The van der Waals surface area contributed by atoms with E-state index in [1.165, 1.54) is 30.3 Å². The third-order valence-electron chi connectivity index (χ3n) is 3.66. The summed E-state index contributed by atoms with van der Waals surface area (Å²) in [5, 5.41) is 15.9. The molecule has 2 amide bonds. The van der Waals surface area contributed by atoms with Gasteiger partial charge in [0.15, 0.2) is 0 Å². The number of aromatic nitrogens is 2. The minimum atomic E-state index is -0.507. The highest BCUT2D eigenvalue weighted by Crippen LogP contribution is 2.20. The second-order valence-corrected chi connectivity index (χ2v) is 5.72. The number of unbranched alkanes of at least 4 members (excludes halogenated alkanes) is 3. The van der Waals surface area contributed by atoms with E-state index in [1.807, 2.05) is 0 Å². The Hall–Kier alpha value is -3.23. The third-order valence-corrected chi connectivity index (χ3v) is 3.66. The number of urea groups is 1. The van der Waals surface area contributed by atoms with Crippen molar-refractivity contribution in [3.63, 3.8) is 0 Å². The van der Waals surface area contributed by atoms with E-state index in [1.54, 1.807) is 0 Å². The standard InChI is InChI=1S/C17H21N5O4/c1-2-3-4-5-10-18-17(24)21-16-19-14(11-15(23)20-16)12-6-8-13(9-7-12)22(25)26/h6-9,11H,2-5,10H2,1H3,(H3,18,19,20,21,23,24). The molecule has 0 aliphatic rings. The number of rotatable bonds is 8. The lowest BCUT2D eigenvalue weighted by molar-refractivity contribution is -0.384. The number of nitrogens with one attached hydrogen (secondary N) is 3. The second kappa shape index (κ2) is 9.30. The van der Waals surface area contributed by atoms with E-state index >= 15 is 0 Å². The lowest BCUT2D eigenvalue weighted by Crippen LogP contribution is -2.31. The number of carbonyl (C=O) groups is 1. The van der Waals surface area contributed by atoms with Crippen LogP contribution in [0.15, 0.2) is 35.1 Å². The Kier molecular flexibility index (Phi) is 6.84. The first-order valence-electron chi connectivity index (χ1n) is 8.40. The van der Waals surface area contributed by atoms with Crippen molar-refractivity contribution in [1.82, 2.24) is 15.3 Å². The molecule has 1 heterocycles. The number of amides is 2. The van der Waals surface area contributed by atoms with Crippen molar-refractivity contribution < 1.29 is 9.72 Å². The van der Waals surface area contributed by atoms with Gasteiger partial charge in [0, 0.05) is 30.3 Å². The van der Waals surface area contributed by atoms with E-state index in [2.05, 4.69) is 27.5 Å². The number of non-ortho nitro benzene ring substituents is 1. The third kappa shape index (κ3) is 5.69. The number of H-pyrrole nitrogens is 1. The Balaban J connectivity index is 2.03. The van der Waals surface area contributed by atoms with Crippen molar-refractivity contribution in [3.05, 3.63) is 50.8 Å². The number of carbonyl (C=O) groups excluding carboxylic acids is 1. The first kappa shape index (κ1) is 19.1. The number of nitro groups is 1. The first-order valence-corrected chi connectivity index (χ1v) is 8.40. The molecule has 0 aliphatic heterocycles. The summed E-state index contributed by atoms with van der Waals surface area (Å²) < 4.78 is 0. The number of hydrogen-bond donors (Lipinski definition) is 3. The molecular weight excluding hydrogens is 338 g/mol. The quantitative estimate of drug-likeness (QED) is 0.379. The van der Waals surface area contributed by atoms with Gasteiger partial charge in [0.05, 0.1) is 10.6 Å². The molecule has 0 spiro atoms. The molecule has 2 aromatic rings. The van der Waals surface area contributed by atoms with E-state index in [-0.39, 0.29) is 11.6 Å². The monoisotopic (exact) mass is 359 g/mol. The van der Waals surface area contributed by atoms with Gasteiger partial charge in [-0.25, -0.2) is 9.78 Å². The summed E-state index contributed by atoms with van der Waals surface area (Å²) in [7, 11) is 0. The van der Waals surface area contributed by atoms with Crippen LogP contribution < -0.4 is 16.2 Å². The Morgan fingerprint density at radius 2 is 1.96 bits per heavy atom. The van der Waals surface area contributed by atoms with Crippen LogP contribution in [0.4, 0.5) is 16.4 Å². The molecule has 9 heteroatoms. The zero-order chi connectivity index (χ0) is 18.9. The fourth-order valence-corrected chi connectivity index (χ4v) is 2.32. The van der Waals surface area contributed by atoms with Gasteiger partial charge < -0.3 is 5.32 Å². The normalized spacial score (nSPS) is 10.3. The van der Waals surface area contributed by atoms with Crippen LogP contribution >= 0.6 is 0 Å². The highest BCUT2D eigenvalue weighted by atomic mass is 16.6. The molecule has 1 aromatic heterocycles. The number of hydrogen-bond acceptors (Lipinski definition) is 5. The van der Waals surface area contributed by atoms with Crippen molar-refractivity contribution in [2.24, 2.45) is 0 Å². The van der Waals surface area contributed by atoms with Crippen molar-refractivity contribution in [1.29, 1.82) is 0 Å². The molecule has 0 aliphatic carbocycles. The molecule has 0 bridgehead atoms. The zero-order valence-corrected chi connectivity index (χ0v) is 14.4. The summed E-state index contributed by atoms with van der Waals surface area (Å²) in [5.41, 5.74) is 0.345. The predicted molar refractivity (Wildman–Crippen MR) is 98.1 cm³/mol. The van der Waals surface area contributed by atoms with Crippen molar-refractivity contribution in [2.75, 3.05) is 11.9 Å². The summed E-state index contributed by atoms with van der Waals surface area (Å²) in [6.07, 6.45) is 4.16. The van der Waals surface area contributed by atoms with E-state index in [4.69, 9.17) is 0 Å². The number of nitrogens with zero attached hydrogens (tertiary/aromatic N) is 2. The van der Waals surface area contributed by atoms with Gasteiger partial charge in [-0.3, -0.25) is 25.2 Å². The molecule has 0 radical (unpaired) electrons. The van der Waals surface area contributed by atoms with Crippen LogP contribution in [-0.4, -0.2) is 27.5 Å². The summed E-state index contributed by atoms with van der Waals surface area (Å²) in [5.74, 6) is 0.0110. The molecule has 0 fully saturated rings. The Labute approximate surface area is 150 Å². The lowest BCUT2D eigenvalue weighted by atomic mass is 10.1. The molecule has 3 N–H and O–H groups in total. The van der Waals surface area contributed by atoms with Gasteiger partial charge >= 0.3 is 6.03 Å². The molecule has 0 saturated heterocycles. The maximum absolute atomic E-state index is 11.9. The molecule has 9 nitrogen and oxygen atoms in total. The summed E-state index contributed by atoms with van der Waals surface area (Å²) in [6.45, 7) is 2.65. The molecule has 1 aromatic carbocycles.